The average molecular weight is 369 g/mol. The third-order valence-corrected chi connectivity index (χ3v) is 3.68. The molecule has 1 amide bonds. The van der Waals surface area contributed by atoms with Crippen LogP contribution < -0.4 is 14.9 Å². The van der Waals surface area contributed by atoms with Crippen LogP contribution in [0.4, 0.5) is 0 Å². The topological polar surface area (TPSA) is 80.2 Å². The average Bonchev–Trinajstić information content (AvgIpc) is 2.57. The lowest BCUT2D eigenvalue weighted by Gasteiger charge is -2.07. The molecule has 0 atom stereocenters. The van der Waals surface area contributed by atoms with E-state index in [0.29, 0.717) is 22.1 Å². The fourth-order valence-electron chi connectivity index (χ4n) is 1.72. The van der Waals surface area contributed by atoms with Gasteiger partial charge < -0.3 is 14.6 Å². The predicted octanol–water partition coefficient (Wildman–Crippen LogP) is 3.24. The highest BCUT2D eigenvalue weighted by Gasteiger charge is 2.07. The van der Waals surface area contributed by atoms with E-state index in [4.69, 9.17) is 32.7 Å². The largest absolute Gasteiger partial charge is 0.504 e. The molecule has 2 aromatic rings. The van der Waals surface area contributed by atoms with Crippen LogP contribution in [0.15, 0.2) is 41.5 Å². The van der Waals surface area contributed by atoms with E-state index < -0.39 is 5.91 Å². The summed E-state index contributed by atoms with van der Waals surface area (Å²) in [5, 5.41) is 13.9. The molecular weight excluding hydrogens is 355 g/mol. The molecule has 126 valence electrons. The minimum atomic E-state index is -0.465. The number of methoxy groups -OCH3 is 1. The molecule has 0 saturated carbocycles. The number of carbonyl (C=O) groups excluding carboxylic acids is 1. The number of nitrogens with zero attached hydrogens (tertiary/aromatic N) is 1. The SMILES string of the molecule is COc1cc(/C=N/NC(=O)COc2cccc(Cl)c2Cl)ccc1O. The van der Waals surface area contributed by atoms with Crippen molar-refractivity contribution in [1.82, 2.24) is 5.43 Å². The summed E-state index contributed by atoms with van der Waals surface area (Å²) in [4.78, 5) is 11.7. The van der Waals surface area contributed by atoms with Gasteiger partial charge in [0, 0.05) is 0 Å². The number of phenolic OH excluding ortho intramolecular Hbond substituents is 1. The van der Waals surface area contributed by atoms with Crippen LogP contribution in [0.3, 0.4) is 0 Å². The van der Waals surface area contributed by atoms with Crippen LogP contribution in [-0.2, 0) is 4.79 Å². The summed E-state index contributed by atoms with van der Waals surface area (Å²) in [6, 6.07) is 9.55. The summed E-state index contributed by atoms with van der Waals surface area (Å²) in [6.45, 7) is -0.268. The summed E-state index contributed by atoms with van der Waals surface area (Å²) < 4.78 is 10.3. The Labute approximate surface area is 148 Å². The molecule has 2 aromatic carbocycles. The van der Waals surface area contributed by atoms with E-state index >= 15 is 0 Å². The van der Waals surface area contributed by atoms with Gasteiger partial charge in [-0.2, -0.15) is 5.10 Å². The van der Waals surface area contributed by atoms with Gasteiger partial charge in [0.2, 0.25) is 0 Å². The van der Waals surface area contributed by atoms with Crippen molar-refractivity contribution >= 4 is 35.3 Å². The predicted molar refractivity (Wildman–Crippen MR) is 92.4 cm³/mol. The number of aromatic hydroxyl groups is 1. The van der Waals surface area contributed by atoms with E-state index in [2.05, 4.69) is 10.5 Å². The van der Waals surface area contributed by atoms with Crippen LogP contribution >= 0.6 is 23.2 Å². The van der Waals surface area contributed by atoms with Gasteiger partial charge >= 0.3 is 0 Å². The molecule has 8 heteroatoms. The molecule has 0 unspecified atom stereocenters. The molecule has 0 aliphatic carbocycles. The number of halogens is 2. The Morgan fingerprint density at radius 2 is 2.08 bits per heavy atom. The Hall–Kier alpha value is -2.44. The quantitative estimate of drug-likeness (QED) is 0.605. The van der Waals surface area contributed by atoms with Gasteiger partial charge in [-0.15, -0.1) is 0 Å². The molecule has 0 aromatic heterocycles. The van der Waals surface area contributed by atoms with Crippen LogP contribution in [0, 0.1) is 0 Å². The molecule has 0 spiro atoms. The van der Waals surface area contributed by atoms with E-state index in [0.717, 1.165) is 0 Å². The Morgan fingerprint density at radius 1 is 1.29 bits per heavy atom. The highest BCUT2D eigenvalue weighted by atomic mass is 35.5. The van der Waals surface area contributed by atoms with Crippen LogP contribution in [0.2, 0.25) is 10.0 Å². The minimum absolute atomic E-state index is 0.0190. The second-order valence-electron chi connectivity index (χ2n) is 4.57. The van der Waals surface area contributed by atoms with Crippen molar-refractivity contribution in [3.05, 3.63) is 52.0 Å². The summed E-state index contributed by atoms with van der Waals surface area (Å²) in [7, 11) is 1.44. The number of hydrogen-bond donors (Lipinski definition) is 2. The van der Waals surface area contributed by atoms with Gasteiger partial charge in [-0.05, 0) is 35.9 Å². The fourth-order valence-corrected chi connectivity index (χ4v) is 2.07. The smallest absolute Gasteiger partial charge is 0.277 e. The molecule has 0 radical (unpaired) electrons. The van der Waals surface area contributed by atoms with E-state index in [-0.39, 0.29) is 17.4 Å². The zero-order chi connectivity index (χ0) is 17.5. The molecule has 0 heterocycles. The molecule has 0 aliphatic rings. The van der Waals surface area contributed by atoms with E-state index in [1.165, 1.54) is 19.4 Å². The Morgan fingerprint density at radius 3 is 2.83 bits per heavy atom. The lowest BCUT2D eigenvalue weighted by molar-refractivity contribution is -0.123. The standard InChI is InChI=1S/C16H14Cl2N2O4/c1-23-14-7-10(5-6-12(14)21)8-19-20-15(22)9-24-13-4-2-3-11(17)16(13)18/h2-8,21H,9H2,1H3,(H,20,22)/b19-8+. The third-order valence-electron chi connectivity index (χ3n) is 2.88. The summed E-state index contributed by atoms with van der Waals surface area (Å²) in [6.07, 6.45) is 1.41. The summed E-state index contributed by atoms with van der Waals surface area (Å²) in [5.74, 6) is 0.175. The van der Waals surface area contributed by atoms with Crippen molar-refractivity contribution in [3.63, 3.8) is 0 Å². The van der Waals surface area contributed by atoms with Crippen molar-refractivity contribution in [2.24, 2.45) is 5.10 Å². The fraction of sp³-hybridized carbons (Fsp3) is 0.125. The third kappa shape index (κ3) is 4.78. The van der Waals surface area contributed by atoms with Gasteiger partial charge in [-0.3, -0.25) is 4.79 Å². The van der Waals surface area contributed by atoms with Crippen molar-refractivity contribution in [3.8, 4) is 17.2 Å². The summed E-state index contributed by atoms with van der Waals surface area (Å²) >= 11 is 11.8. The van der Waals surface area contributed by atoms with Crippen LogP contribution in [0.25, 0.3) is 0 Å². The molecule has 2 N–H and O–H groups in total. The normalized spacial score (nSPS) is 10.6. The molecular formula is C16H14Cl2N2O4. The van der Waals surface area contributed by atoms with E-state index in [1.807, 2.05) is 0 Å². The Kier molecular flexibility index (Phi) is 6.28. The van der Waals surface area contributed by atoms with Gasteiger partial charge in [0.25, 0.3) is 5.91 Å². The maximum atomic E-state index is 11.7. The number of benzene rings is 2. The van der Waals surface area contributed by atoms with Crippen LogP contribution in [0.1, 0.15) is 5.56 Å². The molecule has 6 nitrogen and oxygen atoms in total. The maximum Gasteiger partial charge on any atom is 0.277 e. The van der Waals surface area contributed by atoms with Gasteiger partial charge in [-0.1, -0.05) is 29.3 Å². The first-order valence-electron chi connectivity index (χ1n) is 6.77. The number of carbonyl (C=O) groups is 1. The number of ether oxygens (including phenoxy) is 2. The van der Waals surface area contributed by atoms with E-state index in [1.54, 1.807) is 30.3 Å². The molecule has 24 heavy (non-hydrogen) atoms. The van der Waals surface area contributed by atoms with Crippen LogP contribution in [0.5, 0.6) is 17.2 Å². The number of hydrogen-bond acceptors (Lipinski definition) is 5. The lowest BCUT2D eigenvalue weighted by atomic mass is 10.2. The van der Waals surface area contributed by atoms with Gasteiger partial charge in [0.15, 0.2) is 18.1 Å². The lowest BCUT2D eigenvalue weighted by Crippen LogP contribution is -2.24. The number of phenols is 1. The zero-order valence-electron chi connectivity index (χ0n) is 12.6. The second kappa shape index (κ2) is 8.42. The second-order valence-corrected chi connectivity index (χ2v) is 5.35. The minimum Gasteiger partial charge on any atom is -0.504 e. The monoisotopic (exact) mass is 368 g/mol. The first-order valence-corrected chi connectivity index (χ1v) is 7.52. The van der Waals surface area contributed by atoms with E-state index in [9.17, 15) is 9.90 Å². The van der Waals surface area contributed by atoms with Crippen molar-refractivity contribution < 1.29 is 19.4 Å². The first-order chi connectivity index (χ1) is 11.5. The highest BCUT2D eigenvalue weighted by molar-refractivity contribution is 6.42. The van der Waals surface area contributed by atoms with Gasteiger partial charge in [0.05, 0.1) is 18.3 Å². The molecule has 0 saturated heterocycles. The van der Waals surface area contributed by atoms with Crippen molar-refractivity contribution in [2.45, 2.75) is 0 Å². The van der Waals surface area contributed by atoms with Crippen molar-refractivity contribution in [1.29, 1.82) is 0 Å². The van der Waals surface area contributed by atoms with Gasteiger partial charge in [-0.25, -0.2) is 5.43 Å². The van der Waals surface area contributed by atoms with Gasteiger partial charge in [0.1, 0.15) is 10.8 Å². The molecule has 0 aliphatic heterocycles. The molecule has 2 rings (SSSR count). The zero-order valence-corrected chi connectivity index (χ0v) is 14.1. The number of rotatable bonds is 6. The molecule has 0 bridgehead atoms. The maximum absolute atomic E-state index is 11.7. The first kappa shape index (κ1) is 17.9. The Bertz CT molecular complexity index is 766. The summed E-state index contributed by atoms with van der Waals surface area (Å²) in [5.41, 5.74) is 2.96. The number of amides is 1. The Balaban J connectivity index is 1.88. The van der Waals surface area contributed by atoms with Crippen LogP contribution in [-0.4, -0.2) is 30.9 Å². The molecule has 0 fully saturated rings. The highest BCUT2D eigenvalue weighted by Crippen LogP contribution is 2.31. The van der Waals surface area contributed by atoms with Crippen molar-refractivity contribution in [2.75, 3.05) is 13.7 Å². The number of hydrazone groups is 1. The number of nitrogens with one attached hydrogen (secondary N) is 1.